The number of rotatable bonds is 4. The van der Waals surface area contributed by atoms with Gasteiger partial charge in [0, 0.05) is 53.2 Å². The van der Waals surface area contributed by atoms with Crippen LogP contribution in [-0.4, -0.2) is 58.1 Å². The second kappa shape index (κ2) is 8.89. The lowest BCUT2D eigenvalue weighted by Crippen LogP contribution is -2.54. The molecule has 2 atom stereocenters. The molecule has 0 radical (unpaired) electrons. The topological polar surface area (TPSA) is 107 Å². The molecule has 3 heterocycles. The highest BCUT2D eigenvalue weighted by atomic mass is 35.5. The van der Waals surface area contributed by atoms with E-state index < -0.39 is 6.04 Å². The fourth-order valence-electron chi connectivity index (χ4n) is 4.45. The number of nitrogens with zero attached hydrogens (tertiary/aromatic N) is 2. The fourth-order valence-corrected chi connectivity index (χ4v) is 5.73. The van der Waals surface area contributed by atoms with Gasteiger partial charge in [-0.1, -0.05) is 11.6 Å². The zero-order chi connectivity index (χ0) is 23.1. The van der Waals surface area contributed by atoms with Gasteiger partial charge in [-0.25, -0.2) is 4.98 Å². The smallest absolute Gasteiger partial charge is 0.280 e. The van der Waals surface area contributed by atoms with Crippen molar-refractivity contribution in [2.24, 2.45) is 0 Å². The van der Waals surface area contributed by atoms with Gasteiger partial charge in [0.1, 0.15) is 11.5 Å². The molecule has 1 fully saturated rings. The van der Waals surface area contributed by atoms with Crippen LogP contribution in [0.25, 0.3) is 10.9 Å². The summed E-state index contributed by atoms with van der Waals surface area (Å²) in [7, 11) is 2.05. The van der Waals surface area contributed by atoms with E-state index in [0.29, 0.717) is 28.6 Å². The molecule has 0 bridgehead atoms. The van der Waals surface area contributed by atoms with E-state index >= 15 is 0 Å². The summed E-state index contributed by atoms with van der Waals surface area (Å²) < 4.78 is 0. The van der Waals surface area contributed by atoms with Gasteiger partial charge in [0.05, 0.1) is 17.8 Å². The van der Waals surface area contributed by atoms with Crippen molar-refractivity contribution in [1.29, 1.82) is 0 Å². The lowest BCUT2D eigenvalue weighted by molar-refractivity contribution is -0.121. The van der Waals surface area contributed by atoms with Crippen molar-refractivity contribution in [3.8, 4) is 0 Å². The maximum absolute atomic E-state index is 13.0. The summed E-state index contributed by atoms with van der Waals surface area (Å²) in [4.78, 5) is 49.0. The predicted octanol–water partition coefficient (Wildman–Crippen LogP) is 2.92. The SMILES string of the molecule is CN1CCc2nc(C(=O)NC3CCC(=O)CC3NC(=O)c3cc4cc(Cl)ccc4[nH]3)sc2C1. The van der Waals surface area contributed by atoms with E-state index in [1.54, 1.807) is 18.2 Å². The molecule has 10 heteroatoms. The Hall–Kier alpha value is -2.75. The molecule has 8 nitrogen and oxygen atoms in total. The number of thiazole rings is 1. The van der Waals surface area contributed by atoms with Crippen molar-refractivity contribution in [3.63, 3.8) is 0 Å². The van der Waals surface area contributed by atoms with Crippen LogP contribution in [0.5, 0.6) is 0 Å². The molecule has 2 aliphatic rings. The number of Topliss-reactive ketones (excluding diaryl/α,β-unsaturated/α-hetero) is 1. The number of fused-ring (bicyclic) bond motifs is 2. The first-order valence-corrected chi connectivity index (χ1v) is 12.1. The van der Waals surface area contributed by atoms with Gasteiger partial charge in [-0.3, -0.25) is 14.4 Å². The molecule has 0 spiro atoms. The molecular weight excluding hydrogens is 462 g/mol. The third kappa shape index (κ3) is 4.66. The minimum absolute atomic E-state index is 0.0713. The normalized spacial score (nSPS) is 21.1. The molecule has 1 aliphatic heterocycles. The molecule has 3 aromatic rings. The van der Waals surface area contributed by atoms with Crippen LogP contribution in [0.2, 0.25) is 5.02 Å². The van der Waals surface area contributed by atoms with Crippen LogP contribution in [0.3, 0.4) is 0 Å². The molecule has 2 aromatic heterocycles. The summed E-state index contributed by atoms with van der Waals surface area (Å²) in [6, 6.07) is 6.24. The Morgan fingerprint density at radius 2 is 2.00 bits per heavy atom. The number of aromatic nitrogens is 2. The fraction of sp³-hybridized carbons (Fsp3) is 0.391. The highest BCUT2D eigenvalue weighted by molar-refractivity contribution is 7.13. The third-order valence-electron chi connectivity index (χ3n) is 6.24. The van der Waals surface area contributed by atoms with Crippen molar-refractivity contribution in [1.82, 2.24) is 25.5 Å². The molecule has 33 heavy (non-hydrogen) atoms. The number of likely N-dealkylation sites (N-methyl/N-ethyl adjacent to an activating group) is 1. The number of ketones is 1. The highest BCUT2D eigenvalue weighted by Crippen LogP contribution is 2.25. The van der Waals surface area contributed by atoms with Gasteiger partial charge in [0.15, 0.2) is 5.01 Å². The summed E-state index contributed by atoms with van der Waals surface area (Å²) in [5.41, 5.74) is 2.17. The van der Waals surface area contributed by atoms with Crippen molar-refractivity contribution in [2.45, 2.75) is 44.3 Å². The minimum atomic E-state index is -0.488. The third-order valence-corrected chi connectivity index (χ3v) is 7.56. The zero-order valence-corrected chi connectivity index (χ0v) is 19.7. The maximum Gasteiger partial charge on any atom is 0.280 e. The van der Waals surface area contributed by atoms with E-state index in [1.807, 2.05) is 6.07 Å². The van der Waals surface area contributed by atoms with Crippen molar-refractivity contribution in [2.75, 3.05) is 13.6 Å². The Labute approximate surface area is 199 Å². The number of halogens is 1. The Morgan fingerprint density at radius 3 is 2.85 bits per heavy atom. The predicted molar refractivity (Wildman–Crippen MR) is 127 cm³/mol. The number of aromatic amines is 1. The summed E-state index contributed by atoms with van der Waals surface area (Å²) in [6.45, 7) is 1.73. The monoisotopic (exact) mass is 485 g/mol. The lowest BCUT2D eigenvalue weighted by atomic mass is 9.89. The number of hydrogen-bond donors (Lipinski definition) is 3. The summed E-state index contributed by atoms with van der Waals surface area (Å²) >= 11 is 7.46. The van der Waals surface area contributed by atoms with Crippen LogP contribution in [0.1, 0.15) is 50.1 Å². The van der Waals surface area contributed by atoms with E-state index in [9.17, 15) is 14.4 Å². The zero-order valence-electron chi connectivity index (χ0n) is 18.1. The van der Waals surface area contributed by atoms with E-state index in [1.165, 1.54) is 11.3 Å². The molecule has 3 N–H and O–H groups in total. The number of nitrogens with one attached hydrogen (secondary N) is 3. The van der Waals surface area contributed by atoms with Gasteiger partial charge >= 0.3 is 0 Å². The number of H-pyrrole nitrogens is 1. The van der Waals surface area contributed by atoms with E-state index in [2.05, 4.69) is 32.5 Å². The van der Waals surface area contributed by atoms with Gasteiger partial charge in [-0.05, 0) is 37.7 Å². The van der Waals surface area contributed by atoms with Gasteiger partial charge in [0.2, 0.25) is 0 Å². The Kier molecular flexibility index (Phi) is 5.94. The Morgan fingerprint density at radius 1 is 1.18 bits per heavy atom. The van der Waals surface area contributed by atoms with Crippen LogP contribution >= 0.6 is 22.9 Å². The number of carbonyl (C=O) groups excluding carboxylic acids is 3. The van der Waals surface area contributed by atoms with Crippen molar-refractivity contribution >= 4 is 51.4 Å². The number of amides is 2. The standard InChI is InChI=1S/C23H24ClN5O3S/c1-29-7-6-17-20(11-29)33-23(28-17)22(32)26-16-5-3-14(30)10-18(16)27-21(31)19-9-12-8-13(24)2-4-15(12)25-19/h2,4,8-9,16,18,25H,3,5-7,10-11H2,1H3,(H,26,32)(H,27,31). The number of hydrogen-bond acceptors (Lipinski definition) is 6. The van der Waals surface area contributed by atoms with Crippen LogP contribution in [-0.2, 0) is 17.8 Å². The quantitative estimate of drug-likeness (QED) is 0.526. The largest absolute Gasteiger partial charge is 0.351 e. The highest BCUT2D eigenvalue weighted by Gasteiger charge is 2.33. The van der Waals surface area contributed by atoms with Crippen molar-refractivity contribution < 1.29 is 14.4 Å². The maximum atomic E-state index is 13.0. The van der Waals surface area contributed by atoms with E-state index in [0.717, 1.165) is 41.0 Å². The average molecular weight is 486 g/mol. The Balaban J connectivity index is 1.30. The molecule has 1 aromatic carbocycles. The number of carbonyl (C=O) groups is 3. The van der Waals surface area contributed by atoms with Crippen molar-refractivity contribution in [3.05, 3.63) is 50.6 Å². The first-order chi connectivity index (χ1) is 15.9. The summed E-state index contributed by atoms with van der Waals surface area (Å²) in [6.07, 6.45) is 1.87. The van der Waals surface area contributed by atoms with Crippen LogP contribution in [0, 0.1) is 0 Å². The van der Waals surface area contributed by atoms with Gasteiger partial charge in [-0.15, -0.1) is 11.3 Å². The first-order valence-electron chi connectivity index (χ1n) is 10.9. The van der Waals surface area contributed by atoms with E-state index in [4.69, 9.17) is 11.6 Å². The average Bonchev–Trinajstić information content (AvgIpc) is 3.39. The minimum Gasteiger partial charge on any atom is -0.351 e. The molecule has 1 saturated carbocycles. The van der Waals surface area contributed by atoms with Crippen LogP contribution in [0.4, 0.5) is 0 Å². The van der Waals surface area contributed by atoms with Crippen LogP contribution < -0.4 is 10.6 Å². The number of benzene rings is 1. The summed E-state index contributed by atoms with van der Waals surface area (Å²) in [5.74, 6) is -0.507. The Bertz CT molecular complexity index is 1250. The van der Waals surface area contributed by atoms with E-state index in [-0.39, 0.29) is 30.1 Å². The molecule has 1 aliphatic carbocycles. The first kappa shape index (κ1) is 22.1. The molecule has 5 rings (SSSR count). The molecule has 0 saturated heterocycles. The second-order valence-electron chi connectivity index (χ2n) is 8.73. The lowest BCUT2D eigenvalue weighted by Gasteiger charge is -2.31. The molecule has 2 amide bonds. The van der Waals surface area contributed by atoms with Gasteiger partial charge < -0.3 is 20.5 Å². The molecular formula is C23H24ClN5O3S. The molecule has 2 unspecified atom stereocenters. The van der Waals surface area contributed by atoms with Gasteiger partial charge in [-0.2, -0.15) is 0 Å². The van der Waals surface area contributed by atoms with Crippen LogP contribution in [0.15, 0.2) is 24.3 Å². The summed E-state index contributed by atoms with van der Waals surface area (Å²) in [5, 5.41) is 7.81. The second-order valence-corrected chi connectivity index (χ2v) is 10.3. The molecule has 172 valence electrons. The van der Waals surface area contributed by atoms with Gasteiger partial charge in [0.25, 0.3) is 11.8 Å².